The predicted molar refractivity (Wildman–Crippen MR) is 89.1 cm³/mol. The number of carbonyl (C=O) groups excluding carboxylic acids is 1. The van der Waals surface area contributed by atoms with Gasteiger partial charge >= 0.3 is 0 Å². The molecule has 6 nitrogen and oxygen atoms in total. The molecule has 0 fully saturated rings. The predicted octanol–water partition coefficient (Wildman–Crippen LogP) is 3.19. The van der Waals surface area contributed by atoms with E-state index in [4.69, 9.17) is 0 Å². The number of hydrogen-bond acceptors (Lipinski definition) is 4. The summed E-state index contributed by atoms with van der Waals surface area (Å²) < 4.78 is 28.6. The monoisotopic (exact) mass is 407 g/mol. The number of benzene rings is 2. The Morgan fingerprint density at radius 3 is 2.56 bits per heavy atom. The van der Waals surface area contributed by atoms with Crippen LogP contribution >= 0.6 is 15.9 Å². The van der Waals surface area contributed by atoms with Crippen molar-refractivity contribution in [1.82, 2.24) is 25.5 Å². The Balaban J connectivity index is 1.81. The van der Waals surface area contributed by atoms with E-state index in [2.05, 4.69) is 36.8 Å². The second kappa shape index (κ2) is 7.06. The highest BCUT2D eigenvalue weighted by Crippen LogP contribution is 2.17. The van der Waals surface area contributed by atoms with Gasteiger partial charge in [-0.05, 0) is 59.8 Å². The van der Waals surface area contributed by atoms with E-state index < -0.39 is 23.6 Å². The fourth-order valence-electron chi connectivity index (χ4n) is 2.21. The molecule has 1 atom stereocenters. The van der Waals surface area contributed by atoms with Crippen LogP contribution in [0.4, 0.5) is 8.78 Å². The van der Waals surface area contributed by atoms with Gasteiger partial charge < -0.3 is 5.32 Å². The van der Waals surface area contributed by atoms with E-state index in [0.717, 1.165) is 22.3 Å². The number of rotatable bonds is 4. The van der Waals surface area contributed by atoms with Gasteiger partial charge in [-0.2, -0.15) is 4.68 Å². The topological polar surface area (TPSA) is 72.7 Å². The zero-order chi connectivity index (χ0) is 18.0. The summed E-state index contributed by atoms with van der Waals surface area (Å²) in [6, 6.07) is 9.70. The maximum absolute atomic E-state index is 13.3. The molecule has 3 rings (SSSR count). The van der Waals surface area contributed by atoms with Crippen LogP contribution in [0.1, 0.15) is 29.1 Å². The van der Waals surface area contributed by atoms with Gasteiger partial charge in [0.1, 0.15) is 0 Å². The summed E-state index contributed by atoms with van der Waals surface area (Å²) in [5, 5.41) is 14.2. The summed E-state index contributed by atoms with van der Waals surface area (Å²) in [4.78, 5) is 12.2. The van der Waals surface area contributed by atoms with Crippen molar-refractivity contribution < 1.29 is 13.6 Å². The summed E-state index contributed by atoms with van der Waals surface area (Å²) in [7, 11) is 0. The molecule has 0 bridgehead atoms. The van der Waals surface area contributed by atoms with Crippen molar-refractivity contribution in [3.8, 4) is 5.69 Å². The van der Waals surface area contributed by atoms with Crippen molar-refractivity contribution >= 4 is 21.8 Å². The van der Waals surface area contributed by atoms with Gasteiger partial charge in [0.15, 0.2) is 17.5 Å². The van der Waals surface area contributed by atoms with Crippen LogP contribution in [-0.2, 0) is 0 Å². The van der Waals surface area contributed by atoms with Crippen LogP contribution < -0.4 is 5.32 Å². The number of carbonyl (C=O) groups is 1. The first-order chi connectivity index (χ1) is 12.0. The van der Waals surface area contributed by atoms with Crippen molar-refractivity contribution in [1.29, 1.82) is 0 Å². The third-order valence-electron chi connectivity index (χ3n) is 3.48. The Kier molecular flexibility index (Phi) is 4.84. The van der Waals surface area contributed by atoms with E-state index in [1.54, 1.807) is 6.92 Å². The lowest BCUT2D eigenvalue weighted by Crippen LogP contribution is -2.28. The van der Waals surface area contributed by atoms with E-state index in [1.165, 1.54) is 10.7 Å². The molecule has 25 heavy (non-hydrogen) atoms. The molecular weight excluding hydrogens is 396 g/mol. The van der Waals surface area contributed by atoms with Gasteiger partial charge in [-0.3, -0.25) is 4.79 Å². The second-order valence-electron chi connectivity index (χ2n) is 5.25. The Morgan fingerprint density at radius 1 is 1.16 bits per heavy atom. The van der Waals surface area contributed by atoms with Crippen molar-refractivity contribution in [3.05, 3.63) is 70.0 Å². The smallest absolute Gasteiger partial charge is 0.251 e. The van der Waals surface area contributed by atoms with Crippen LogP contribution in [0.25, 0.3) is 5.69 Å². The van der Waals surface area contributed by atoms with E-state index in [0.29, 0.717) is 5.82 Å². The summed E-state index contributed by atoms with van der Waals surface area (Å²) in [5.74, 6) is -2.25. The molecule has 128 valence electrons. The van der Waals surface area contributed by atoms with Crippen molar-refractivity contribution in [2.45, 2.75) is 13.0 Å². The maximum Gasteiger partial charge on any atom is 0.251 e. The van der Waals surface area contributed by atoms with E-state index in [9.17, 15) is 13.6 Å². The molecule has 1 unspecified atom stereocenters. The molecule has 1 N–H and O–H groups in total. The van der Waals surface area contributed by atoms with Gasteiger partial charge in [0.05, 0.1) is 11.7 Å². The van der Waals surface area contributed by atoms with Gasteiger partial charge in [-0.1, -0.05) is 15.9 Å². The van der Waals surface area contributed by atoms with Gasteiger partial charge in [-0.25, -0.2) is 8.78 Å². The van der Waals surface area contributed by atoms with Gasteiger partial charge in [0.25, 0.3) is 5.91 Å². The minimum Gasteiger partial charge on any atom is -0.342 e. The lowest BCUT2D eigenvalue weighted by molar-refractivity contribution is 0.0937. The molecule has 0 radical (unpaired) electrons. The fourth-order valence-corrected chi connectivity index (χ4v) is 2.48. The Morgan fingerprint density at radius 2 is 1.88 bits per heavy atom. The molecule has 9 heteroatoms. The summed E-state index contributed by atoms with van der Waals surface area (Å²) >= 11 is 3.35. The lowest BCUT2D eigenvalue weighted by atomic mass is 10.2. The first-order valence-electron chi connectivity index (χ1n) is 7.26. The van der Waals surface area contributed by atoms with Crippen LogP contribution in [-0.4, -0.2) is 26.1 Å². The highest BCUT2D eigenvalue weighted by molar-refractivity contribution is 9.10. The zero-order valence-corrected chi connectivity index (χ0v) is 14.5. The standard InChI is InChI=1S/C16H12BrF2N5O/c1-9(20-16(25)10-2-7-13(18)14(19)8-10)15-21-22-23-24(15)12-5-3-11(17)4-6-12/h2-9H,1H3,(H,20,25). The van der Waals surface area contributed by atoms with Crippen LogP contribution in [0.5, 0.6) is 0 Å². The summed E-state index contributed by atoms with van der Waals surface area (Å²) in [5.41, 5.74) is 0.727. The minimum atomic E-state index is -1.08. The third-order valence-corrected chi connectivity index (χ3v) is 4.01. The van der Waals surface area contributed by atoms with Crippen LogP contribution in [0, 0.1) is 11.6 Å². The summed E-state index contributed by atoms with van der Waals surface area (Å²) in [6.07, 6.45) is 0. The normalized spacial score (nSPS) is 12.0. The SMILES string of the molecule is CC(NC(=O)c1ccc(F)c(F)c1)c1nnnn1-c1ccc(Br)cc1. The molecule has 0 saturated heterocycles. The number of nitrogens with zero attached hydrogens (tertiary/aromatic N) is 4. The first kappa shape index (κ1) is 17.2. The number of tetrazole rings is 1. The van der Waals surface area contributed by atoms with Gasteiger partial charge in [0.2, 0.25) is 0 Å². The fraction of sp³-hybridized carbons (Fsp3) is 0.125. The Labute approximate surface area is 150 Å². The van der Waals surface area contributed by atoms with Crippen LogP contribution in [0.2, 0.25) is 0 Å². The van der Waals surface area contributed by atoms with Gasteiger partial charge in [-0.15, -0.1) is 5.10 Å². The second-order valence-corrected chi connectivity index (χ2v) is 6.17. The number of halogens is 3. The summed E-state index contributed by atoms with van der Waals surface area (Å²) in [6.45, 7) is 1.69. The molecule has 1 amide bonds. The number of nitrogens with one attached hydrogen (secondary N) is 1. The molecule has 3 aromatic rings. The molecule has 0 aliphatic carbocycles. The van der Waals surface area contributed by atoms with Gasteiger partial charge in [0, 0.05) is 10.0 Å². The molecule has 0 aliphatic rings. The van der Waals surface area contributed by atoms with Crippen LogP contribution in [0.15, 0.2) is 46.9 Å². The molecule has 1 heterocycles. The van der Waals surface area contributed by atoms with Crippen molar-refractivity contribution in [2.24, 2.45) is 0 Å². The van der Waals surface area contributed by atoms with E-state index in [1.807, 2.05) is 24.3 Å². The molecule has 0 spiro atoms. The van der Waals surface area contributed by atoms with Crippen molar-refractivity contribution in [2.75, 3.05) is 0 Å². The van der Waals surface area contributed by atoms with Crippen LogP contribution in [0.3, 0.4) is 0 Å². The molecule has 2 aromatic carbocycles. The number of hydrogen-bond donors (Lipinski definition) is 1. The first-order valence-corrected chi connectivity index (χ1v) is 8.05. The Bertz CT molecular complexity index is 913. The number of amides is 1. The quantitative estimate of drug-likeness (QED) is 0.720. The zero-order valence-electron chi connectivity index (χ0n) is 12.9. The minimum absolute atomic E-state index is 0.00779. The average molecular weight is 408 g/mol. The molecule has 0 aliphatic heterocycles. The molecule has 1 aromatic heterocycles. The van der Waals surface area contributed by atoms with Crippen molar-refractivity contribution in [3.63, 3.8) is 0 Å². The highest BCUT2D eigenvalue weighted by atomic mass is 79.9. The number of aromatic nitrogens is 4. The van der Waals surface area contributed by atoms with E-state index >= 15 is 0 Å². The lowest BCUT2D eigenvalue weighted by Gasteiger charge is -2.14. The third kappa shape index (κ3) is 3.71. The largest absolute Gasteiger partial charge is 0.342 e. The molecule has 0 saturated carbocycles. The van der Waals surface area contributed by atoms with E-state index in [-0.39, 0.29) is 5.56 Å². The average Bonchev–Trinajstić information content (AvgIpc) is 3.07. The maximum atomic E-state index is 13.3. The Hall–Kier alpha value is -2.68. The highest BCUT2D eigenvalue weighted by Gasteiger charge is 2.19. The molecular formula is C16H12BrF2N5O.